The topological polar surface area (TPSA) is 41.6 Å². The first-order valence-corrected chi connectivity index (χ1v) is 8.36. The third-order valence-electron chi connectivity index (χ3n) is 5.11. The summed E-state index contributed by atoms with van der Waals surface area (Å²) < 4.78 is 0. The summed E-state index contributed by atoms with van der Waals surface area (Å²) in [7, 11) is 0. The zero-order valence-electron chi connectivity index (χ0n) is 13.3. The Balaban J connectivity index is 2.07. The fourth-order valence-corrected chi connectivity index (χ4v) is 4.05. The van der Waals surface area contributed by atoms with Crippen LogP contribution in [-0.4, -0.2) is 15.0 Å². The van der Waals surface area contributed by atoms with E-state index in [1.807, 2.05) is 12.3 Å². The summed E-state index contributed by atoms with van der Waals surface area (Å²) in [5.74, 6) is 0. The molecule has 6 rings (SSSR count). The highest BCUT2D eigenvalue weighted by Crippen LogP contribution is 2.39. The Labute approximate surface area is 142 Å². The van der Waals surface area contributed by atoms with Crippen LogP contribution in [0.5, 0.6) is 0 Å². The molecule has 0 fully saturated rings. The second kappa shape index (κ2) is 4.54. The van der Waals surface area contributed by atoms with Crippen molar-refractivity contribution in [2.24, 2.45) is 0 Å². The van der Waals surface area contributed by atoms with Gasteiger partial charge in [-0.05, 0) is 11.5 Å². The number of aromatic nitrogens is 3. The van der Waals surface area contributed by atoms with E-state index in [0.29, 0.717) is 0 Å². The van der Waals surface area contributed by atoms with Crippen molar-refractivity contribution in [3.8, 4) is 0 Å². The number of hydrogen-bond acceptors (Lipinski definition) is 2. The second-order valence-electron chi connectivity index (χ2n) is 6.40. The SMILES string of the molecule is c1ccc2c(c1)ncc1ccc3c4nc[nH]c4c4ccccc4c3c12. The Bertz CT molecular complexity index is 1440. The van der Waals surface area contributed by atoms with Gasteiger partial charge in [0.1, 0.15) is 0 Å². The number of nitrogens with one attached hydrogen (secondary N) is 1. The van der Waals surface area contributed by atoms with Crippen LogP contribution in [0.25, 0.3) is 54.3 Å². The summed E-state index contributed by atoms with van der Waals surface area (Å²) in [4.78, 5) is 12.6. The van der Waals surface area contributed by atoms with Crippen LogP contribution in [-0.2, 0) is 0 Å². The Kier molecular flexibility index (Phi) is 2.35. The number of aromatic amines is 1. The van der Waals surface area contributed by atoms with E-state index in [1.165, 1.54) is 32.3 Å². The number of imidazole rings is 1. The monoisotopic (exact) mass is 319 g/mol. The zero-order chi connectivity index (χ0) is 16.4. The molecule has 3 nitrogen and oxygen atoms in total. The predicted octanol–water partition coefficient (Wildman–Crippen LogP) is 5.57. The van der Waals surface area contributed by atoms with E-state index < -0.39 is 0 Å². The Morgan fingerprint density at radius 3 is 2.36 bits per heavy atom. The Morgan fingerprint density at radius 2 is 1.44 bits per heavy atom. The predicted molar refractivity (Wildman–Crippen MR) is 104 cm³/mol. The fraction of sp³-hybridized carbons (Fsp3) is 0. The van der Waals surface area contributed by atoms with Gasteiger partial charge in [0.05, 0.1) is 22.9 Å². The summed E-state index contributed by atoms with van der Waals surface area (Å²) in [5.41, 5.74) is 3.14. The third kappa shape index (κ3) is 1.59. The molecule has 0 radical (unpaired) electrons. The van der Waals surface area contributed by atoms with Crippen LogP contribution in [0.15, 0.2) is 73.2 Å². The molecule has 0 atom stereocenters. The van der Waals surface area contributed by atoms with Gasteiger partial charge in [-0.1, -0.05) is 54.6 Å². The van der Waals surface area contributed by atoms with Gasteiger partial charge in [0.15, 0.2) is 0 Å². The maximum absolute atomic E-state index is 4.63. The molecule has 4 aromatic carbocycles. The van der Waals surface area contributed by atoms with Crippen molar-refractivity contribution in [1.82, 2.24) is 15.0 Å². The summed E-state index contributed by atoms with van der Waals surface area (Å²) in [5, 5.41) is 8.48. The van der Waals surface area contributed by atoms with Gasteiger partial charge in [0.25, 0.3) is 0 Å². The molecule has 116 valence electrons. The smallest absolute Gasteiger partial charge is 0.0967 e. The lowest BCUT2D eigenvalue weighted by atomic mass is 9.94. The number of rotatable bonds is 0. The number of H-pyrrole nitrogens is 1. The minimum absolute atomic E-state index is 1.02. The van der Waals surface area contributed by atoms with Crippen molar-refractivity contribution in [3.05, 3.63) is 73.2 Å². The largest absolute Gasteiger partial charge is 0.344 e. The quantitative estimate of drug-likeness (QED) is 0.372. The molecule has 0 unspecified atom stereocenters. The molecule has 0 saturated carbocycles. The third-order valence-corrected chi connectivity index (χ3v) is 5.11. The fourth-order valence-electron chi connectivity index (χ4n) is 4.05. The minimum Gasteiger partial charge on any atom is -0.344 e. The summed E-state index contributed by atoms with van der Waals surface area (Å²) in [6, 6.07) is 21.2. The standard InChI is InChI=1S/C22H13N3/c1-2-6-15-14(5-1)20-17(22-21(15)24-12-25-22)10-9-13-11-23-18-8-4-3-7-16(18)19(13)20/h1-12H,(H,24,25). The van der Waals surface area contributed by atoms with E-state index in [9.17, 15) is 0 Å². The molecule has 0 spiro atoms. The number of para-hydroxylation sites is 1. The molecule has 2 heterocycles. The average molecular weight is 319 g/mol. The number of pyridine rings is 1. The van der Waals surface area contributed by atoms with Crippen LogP contribution in [0.3, 0.4) is 0 Å². The van der Waals surface area contributed by atoms with E-state index in [2.05, 4.69) is 69.5 Å². The molecule has 0 aliphatic carbocycles. The van der Waals surface area contributed by atoms with Crippen molar-refractivity contribution in [1.29, 1.82) is 0 Å². The number of hydrogen-bond donors (Lipinski definition) is 1. The molecule has 6 aromatic rings. The van der Waals surface area contributed by atoms with Gasteiger partial charge in [-0.15, -0.1) is 0 Å². The summed E-state index contributed by atoms with van der Waals surface area (Å²) in [6.45, 7) is 0. The van der Waals surface area contributed by atoms with E-state index in [4.69, 9.17) is 0 Å². The maximum Gasteiger partial charge on any atom is 0.0967 e. The van der Waals surface area contributed by atoms with Crippen LogP contribution in [0.2, 0.25) is 0 Å². The molecule has 1 N–H and O–H groups in total. The van der Waals surface area contributed by atoms with Gasteiger partial charge < -0.3 is 4.98 Å². The molecule has 3 heteroatoms. The van der Waals surface area contributed by atoms with Crippen molar-refractivity contribution >= 4 is 54.3 Å². The maximum atomic E-state index is 4.63. The molecule has 0 bridgehead atoms. The van der Waals surface area contributed by atoms with Gasteiger partial charge in [0, 0.05) is 38.5 Å². The van der Waals surface area contributed by atoms with Crippen molar-refractivity contribution in [3.63, 3.8) is 0 Å². The number of fused-ring (bicyclic) bond motifs is 10. The lowest BCUT2D eigenvalue weighted by molar-refractivity contribution is 1.35. The molecule has 0 amide bonds. The van der Waals surface area contributed by atoms with Gasteiger partial charge in [-0.25, -0.2) is 4.98 Å². The molecule has 25 heavy (non-hydrogen) atoms. The van der Waals surface area contributed by atoms with Crippen molar-refractivity contribution in [2.75, 3.05) is 0 Å². The normalized spacial score (nSPS) is 12.0. The number of benzene rings is 4. The molecule has 0 aliphatic rings. The van der Waals surface area contributed by atoms with Crippen molar-refractivity contribution < 1.29 is 0 Å². The first kappa shape index (κ1) is 12.9. The van der Waals surface area contributed by atoms with E-state index >= 15 is 0 Å². The average Bonchev–Trinajstić information content (AvgIpc) is 3.17. The lowest BCUT2D eigenvalue weighted by Gasteiger charge is -2.11. The van der Waals surface area contributed by atoms with Gasteiger partial charge in [0.2, 0.25) is 0 Å². The first-order valence-electron chi connectivity index (χ1n) is 8.36. The molecular weight excluding hydrogens is 306 g/mol. The van der Waals surface area contributed by atoms with Gasteiger partial charge in [-0.3, -0.25) is 4.98 Å². The van der Waals surface area contributed by atoms with Crippen LogP contribution in [0, 0.1) is 0 Å². The first-order chi connectivity index (χ1) is 12.4. The van der Waals surface area contributed by atoms with E-state index in [-0.39, 0.29) is 0 Å². The zero-order valence-corrected chi connectivity index (χ0v) is 13.3. The molecule has 2 aromatic heterocycles. The van der Waals surface area contributed by atoms with E-state index in [0.717, 1.165) is 21.9 Å². The molecule has 0 saturated heterocycles. The number of nitrogens with zero attached hydrogens (tertiary/aromatic N) is 2. The molecular formula is C22H13N3. The Hall–Kier alpha value is -3.46. The highest BCUT2D eigenvalue weighted by atomic mass is 14.9. The molecule has 0 aliphatic heterocycles. The van der Waals surface area contributed by atoms with Crippen LogP contribution in [0.4, 0.5) is 0 Å². The van der Waals surface area contributed by atoms with E-state index in [1.54, 1.807) is 6.33 Å². The minimum atomic E-state index is 1.02. The van der Waals surface area contributed by atoms with Crippen LogP contribution in [0.1, 0.15) is 0 Å². The van der Waals surface area contributed by atoms with Crippen LogP contribution < -0.4 is 0 Å². The highest BCUT2D eigenvalue weighted by molar-refractivity contribution is 6.33. The Morgan fingerprint density at radius 1 is 0.640 bits per heavy atom. The van der Waals surface area contributed by atoms with Gasteiger partial charge >= 0.3 is 0 Å². The van der Waals surface area contributed by atoms with Crippen molar-refractivity contribution in [2.45, 2.75) is 0 Å². The van der Waals surface area contributed by atoms with Gasteiger partial charge in [-0.2, -0.15) is 0 Å². The summed E-state index contributed by atoms with van der Waals surface area (Å²) in [6.07, 6.45) is 3.76. The van der Waals surface area contributed by atoms with Crippen LogP contribution >= 0.6 is 0 Å². The lowest BCUT2D eigenvalue weighted by Crippen LogP contribution is -1.87. The summed E-state index contributed by atoms with van der Waals surface area (Å²) >= 11 is 0. The highest BCUT2D eigenvalue weighted by Gasteiger charge is 2.14. The second-order valence-corrected chi connectivity index (χ2v) is 6.40.